The van der Waals surface area contributed by atoms with E-state index >= 15 is 0 Å². The summed E-state index contributed by atoms with van der Waals surface area (Å²) < 4.78 is 19.7. The molecule has 0 radical (unpaired) electrons. The van der Waals surface area contributed by atoms with Crippen molar-refractivity contribution in [3.8, 4) is 5.75 Å². The van der Waals surface area contributed by atoms with Crippen LogP contribution in [-0.2, 0) is 0 Å². The standard InChI is InChI=1S/C22H17ClFN3O2/c23-12-1-4-14(5-2-12)26-21(28)27-10-16-19-20(27)22(16,19)11-29-18-7-8-25-17-6-3-13(24)9-15(17)18/h1-9,16,19-20H,10-11H2,(H,26,28). The second-order valence-corrected chi connectivity index (χ2v) is 8.47. The number of halogens is 2. The summed E-state index contributed by atoms with van der Waals surface area (Å²) in [6.45, 7) is 1.29. The van der Waals surface area contributed by atoms with Crippen LogP contribution in [0.3, 0.4) is 0 Å². The Balaban J connectivity index is 1.14. The van der Waals surface area contributed by atoms with Gasteiger partial charge in [0.05, 0.1) is 12.1 Å². The highest BCUT2D eigenvalue weighted by atomic mass is 35.5. The number of benzene rings is 2. The Morgan fingerprint density at radius 1 is 1.28 bits per heavy atom. The van der Waals surface area contributed by atoms with Crippen molar-refractivity contribution in [1.29, 1.82) is 0 Å². The molecule has 4 unspecified atom stereocenters. The summed E-state index contributed by atoms with van der Waals surface area (Å²) in [5.41, 5.74) is 1.49. The molecule has 4 fully saturated rings. The third-order valence-corrected chi connectivity index (χ3v) is 6.90. The lowest BCUT2D eigenvalue weighted by atomic mass is 10.1. The molecule has 5 nitrogen and oxygen atoms in total. The van der Waals surface area contributed by atoms with Gasteiger partial charge < -0.3 is 15.0 Å². The Morgan fingerprint density at radius 2 is 2.10 bits per heavy atom. The number of pyridine rings is 1. The molecular formula is C22H17ClFN3O2. The van der Waals surface area contributed by atoms with Gasteiger partial charge in [-0.25, -0.2) is 9.18 Å². The molecule has 29 heavy (non-hydrogen) atoms. The van der Waals surface area contributed by atoms with Crippen molar-refractivity contribution in [3.05, 3.63) is 65.6 Å². The fraction of sp³-hybridized carbons (Fsp3) is 0.273. The first-order chi connectivity index (χ1) is 14.1. The second-order valence-electron chi connectivity index (χ2n) is 8.04. The number of aromatic nitrogens is 1. The van der Waals surface area contributed by atoms with Crippen LogP contribution in [0.2, 0.25) is 5.02 Å². The minimum atomic E-state index is -0.311. The van der Waals surface area contributed by atoms with Crippen molar-refractivity contribution in [1.82, 2.24) is 9.88 Å². The topological polar surface area (TPSA) is 54.5 Å². The molecule has 0 spiro atoms. The molecule has 146 valence electrons. The van der Waals surface area contributed by atoms with Crippen molar-refractivity contribution in [2.75, 3.05) is 18.5 Å². The predicted octanol–water partition coefficient (Wildman–Crippen LogP) is 4.57. The zero-order valence-electron chi connectivity index (χ0n) is 15.3. The number of amides is 2. The van der Waals surface area contributed by atoms with Crippen LogP contribution in [0.15, 0.2) is 54.7 Å². The number of ether oxygens (including phenoxy) is 1. The van der Waals surface area contributed by atoms with E-state index in [2.05, 4.69) is 10.3 Å². The lowest BCUT2D eigenvalue weighted by Gasteiger charge is -2.18. The van der Waals surface area contributed by atoms with Gasteiger partial charge in [0, 0.05) is 40.3 Å². The number of nitrogens with zero attached hydrogens (tertiary/aromatic N) is 2. The highest BCUT2D eigenvalue weighted by molar-refractivity contribution is 6.30. The SMILES string of the molecule is O=C(Nc1ccc(Cl)cc1)N1CC2C3C1C23COc1ccnc2ccc(F)cc12. The van der Waals surface area contributed by atoms with Crippen LogP contribution in [0.25, 0.3) is 10.9 Å². The molecule has 1 aromatic heterocycles. The maximum Gasteiger partial charge on any atom is 0.322 e. The minimum absolute atomic E-state index is 0.0558. The molecule has 2 aromatic carbocycles. The third kappa shape index (κ3) is 2.45. The van der Waals surface area contributed by atoms with Gasteiger partial charge in [-0.3, -0.25) is 4.98 Å². The van der Waals surface area contributed by atoms with Crippen LogP contribution in [0.1, 0.15) is 0 Å². The Bertz CT molecular complexity index is 1150. The van der Waals surface area contributed by atoms with Crippen LogP contribution in [0, 0.1) is 23.1 Å². The van der Waals surface area contributed by atoms with Crippen LogP contribution < -0.4 is 10.1 Å². The molecule has 2 aliphatic heterocycles. The molecule has 2 amide bonds. The number of anilines is 1. The summed E-state index contributed by atoms with van der Waals surface area (Å²) in [7, 11) is 0. The highest BCUT2D eigenvalue weighted by Crippen LogP contribution is 2.85. The number of hydrogen-bond donors (Lipinski definition) is 1. The first-order valence-corrected chi connectivity index (χ1v) is 9.96. The highest BCUT2D eigenvalue weighted by Gasteiger charge is 2.93. The fourth-order valence-corrected chi connectivity index (χ4v) is 5.23. The summed E-state index contributed by atoms with van der Waals surface area (Å²) in [4.78, 5) is 18.8. The van der Waals surface area contributed by atoms with E-state index in [9.17, 15) is 9.18 Å². The maximum atomic E-state index is 13.6. The second kappa shape index (κ2) is 5.83. The Morgan fingerprint density at radius 3 is 2.90 bits per heavy atom. The Kier molecular flexibility index (Phi) is 3.42. The van der Waals surface area contributed by atoms with E-state index in [0.717, 1.165) is 12.2 Å². The number of carbonyl (C=O) groups excluding carboxylic acids is 1. The van der Waals surface area contributed by atoms with Gasteiger partial charge in [0.1, 0.15) is 11.6 Å². The molecule has 7 heteroatoms. The van der Waals surface area contributed by atoms with Crippen molar-refractivity contribution in [2.45, 2.75) is 6.04 Å². The minimum Gasteiger partial charge on any atom is -0.492 e. The summed E-state index contributed by atoms with van der Waals surface area (Å²) in [5, 5.41) is 4.25. The molecule has 2 saturated carbocycles. The van der Waals surface area contributed by atoms with Gasteiger partial charge >= 0.3 is 6.03 Å². The smallest absolute Gasteiger partial charge is 0.322 e. The van der Waals surface area contributed by atoms with Crippen molar-refractivity contribution in [2.24, 2.45) is 17.3 Å². The largest absolute Gasteiger partial charge is 0.492 e. The van der Waals surface area contributed by atoms with Gasteiger partial charge in [0.15, 0.2) is 0 Å². The lowest BCUT2D eigenvalue weighted by molar-refractivity contribution is 0.212. The Labute approximate surface area is 171 Å². The molecule has 4 atom stereocenters. The fourth-order valence-electron chi connectivity index (χ4n) is 5.10. The van der Waals surface area contributed by atoms with Gasteiger partial charge in [0.2, 0.25) is 0 Å². The first-order valence-electron chi connectivity index (χ1n) is 9.58. The van der Waals surface area contributed by atoms with Gasteiger partial charge in [-0.2, -0.15) is 0 Å². The number of carbonyl (C=O) groups is 1. The van der Waals surface area contributed by atoms with E-state index in [1.807, 2.05) is 4.90 Å². The normalized spacial score (nSPS) is 28.2. The molecule has 2 aliphatic carbocycles. The number of hydrogen-bond acceptors (Lipinski definition) is 3. The maximum absolute atomic E-state index is 13.6. The lowest BCUT2D eigenvalue weighted by Crippen LogP contribution is -2.34. The average Bonchev–Trinajstić information content (AvgIpc) is 3.41. The number of nitrogens with one attached hydrogen (secondary N) is 1. The predicted molar refractivity (Wildman–Crippen MR) is 108 cm³/mol. The quantitative estimate of drug-likeness (QED) is 0.686. The summed E-state index contributed by atoms with van der Waals surface area (Å²) in [5.74, 6) is 1.34. The first kappa shape index (κ1) is 17.0. The monoisotopic (exact) mass is 409 g/mol. The molecule has 3 aromatic rings. The van der Waals surface area contributed by atoms with Crippen molar-refractivity contribution >= 4 is 34.2 Å². The molecule has 7 rings (SSSR count). The van der Waals surface area contributed by atoms with Crippen LogP contribution in [0.4, 0.5) is 14.9 Å². The van der Waals surface area contributed by atoms with Crippen LogP contribution in [-0.4, -0.2) is 35.1 Å². The van der Waals surface area contributed by atoms with E-state index in [0.29, 0.717) is 40.1 Å². The Hall–Kier alpha value is -2.86. The average molecular weight is 410 g/mol. The van der Waals surface area contributed by atoms with E-state index in [1.54, 1.807) is 42.6 Å². The zero-order valence-corrected chi connectivity index (χ0v) is 16.1. The molecule has 2 saturated heterocycles. The summed E-state index contributed by atoms with van der Waals surface area (Å²) >= 11 is 5.90. The molecule has 3 heterocycles. The van der Waals surface area contributed by atoms with Crippen LogP contribution >= 0.6 is 11.6 Å². The number of fused-ring (bicyclic) bond motifs is 2. The number of urea groups is 1. The number of piperidine rings is 1. The van der Waals surface area contributed by atoms with E-state index in [1.165, 1.54) is 12.1 Å². The van der Waals surface area contributed by atoms with Gasteiger partial charge in [-0.05, 0) is 60.4 Å². The summed E-state index contributed by atoms with van der Waals surface area (Å²) in [6, 6.07) is 13.5. The molecule has 4 aliphatic rings. The van der Waals surface area contributed by atoms with Gasteiger partial charge in [0.25, 0.3) is 0 Å². The van der Waals surface area contributed by atoms with Crippen molar-refractivity contribution in [3.63, 3.8) is 0 Å². The van der Waals surface area contributed by atoms with Gasteiger partial charge in [-0.15, -0.1) is 0 Å². The number of rotatable bonds is 4. The molecule has 1 N–H and O–H groups in total. The van der Waals surface area contributed by atoms with Crippen molar-refractivity contribution < 1.29 is 13.9 Å². The summed E-state index contributed by atoms with van der Waals surface area (Å²) in [6.07, 6.45) is 1.67. The van der Waals surface area contributed by atoms with Crippen LogP contribution in [0.5, 0.6) is 5.75 Å². The van der Waals surface area contributed by atoms with E-state index in [4.69, 9.17) is 16.3 Å². The third-order valence-electron chi connectivity index (χ3n) is 6.64. The zero-order chi connectivity index (χ0) is 19.8. The molecule has 2 bridgehead atoms. The molecular weight excluding hydrogens is 393 g/mol. The van der Waals surface area contributed by atoms with Gasteiger partial charge in [-0.1, -0.05) is 11.6 Å². The van der Waals surface area contributed by atoms with E-state index in [-0.39, 0.29) is 23.3 Å². The van der Waals surface area contributed by atoms with E-state index < -0.39 is 0 Å².